The minimum atomic E-state index is -4.90. The fourth-order valence-corrected chi connectivity index (χ4v) is 4.25. The first-order valence-corrected chi connectivity index (χ1v) is 11.6. The minimum absolute atomic E-state index is 0.100. The molecule has 36 heavy (non-hydrogen) atoms. The van der Waals surface area contributed by atoms with Crippen LogP contribution < -0.4 is 5.73 Å². The largest absolute Gasteiger partial charge is 0.416 e. The molecule has 1 atom stereocenters. The number of benzene rings is 2. The standard InChI is InChI=1S/C25H29F6N3O2/c26-24(27,28)20-13-18(14-21(15-20)25(29,30)31)16-36-17-22(19-5-2-1-3-6-19)34-11-9-33(10-12-34)8-4-7-23(32)35/h1-3,5-6,13-15,22H,4,7-12,16-17H2,(H2,32,35). The number of carbonyl (C=O) groups is 1. The molecule has 1 heterocycles. The number of nitrogens with zero attached hydrogens (tertiary/aromatic N) is 2. The van der Waals surface area contributed by atoms with E-state index in [1.165, 1.54) is 0 Å². The summed E-state index contributed by atoms with van der Waals surface area (Å²) in [4.78, 5) is 15.4. The Hall–Kier alpha value is -2.63. The molecule has 1 fully saturated rings. The van der Waals surface area contributed by atoms with Crippen LogP contribution in [0, 0.1) is 0 Å². The number of primary amides is 1. The molecule has 1 unspecified atom stereocenters. The molecule has 0 saturated carbocycles. The lowest BCUT2D eigenvalue weighted by atomic mass is 10.0. The molecule has 198 valence electrons. The Labute approximate surface area is 205 Å². The van der Waals surface area contributed by atoms with Gasteiger partial charge < -0.3 is 15.4 Å². The second-order valence-electron chi connectivity index (χ2n) is 8.80. The molecular formula is C25H29F6N3O2. The van der Waals surface area contributed by atoms with Gasteiger partial charge in [-0.2, -0.15) is 26.3 Å². The highest BCUT2D eigenvalue weighted by molar-refractivity contribution is 5.73. The summed E-state index contributed by atoms with van der Waals surface area (Å²) < 4.78 is 84.6. The molecule has 2 N–H and O–H groups in total. The van der Waals surface area contributed by atoms with Crippen LogP contribution >= 0.6 is 0 Å². The zero-order valence-corrected chi connectivity index (χ0v) is 19.6. The first-order chi connectivity index (χ1) is 16.9. The summed E-state index contributed by atoms with van der Waals surface area (Å²) in [6, 6.07) is 10.7. The fraction of sp³-hybridized carbons (Fsp3) is 0.480. The van der Waals surface area contributed by atoms with Crippen LogP contribution in [0.25, 0.3) is 0 Å². The number of ether oxygens (including phenoxy) is 1. The molecule has 1 aliphatic rings. The molecule has 3 rings (SSSR count). The average Bonchev–Trinajstić information content (AvgIpc) is 2.81. The van der Waals surface area contributed by atoms with Gasteiger partial charge in [-0.3, -0.25) is 9.69 Å². The van der Waals surface area contributed by atoms with E-state index < -0.39 is 23.5 Å². The van der Waals surface area contributed by atoms with Gasteiger partial charge in [-0.1, -0.05) is 30.3 Å². The Morgan fingerprint density at radius 2 is 1.50 bits per heavy atom. The molecule has 1 aliphatic heterocycles. The third kappa shape index (κ3) is 8.21. The third-order valence-corrected chi connectivity index (χ3v) is 6.12. The second-order valence-corrected chi connectivity index (χ2v) is 8.80. The van der Waals surface area contributed by atoms with Gasteiger partial charge in [0.25, 0.3) is 0 Å². The highest BCUT2D eigenvalue weighted by Crippen LogP contribution is 2.36. The summed E-state index contributed by atoms with van der Waals surface area (Å²) >= 11 is 0. The maximum Gasteiger partial charge on any atom is 0.416 e. The Kier molecular flexibility index (Phi) is 9.37. The van der Waals surface area contributed by atoms with Gasteiger partial charge in [-0.25, -0.2) is 0 Å². The summed E-state index contributed by atoms with van der Waals surface area (Å²) in [7, 11) is 0. The molecule has 11 heteroatoms. The number of amides is 1. The zero-order valence-electron chi connectivity index (χ0n) is 19.6. The molecule has 5 nitrogen and oxygen atoms in total. The molecule has 0 bridgehead atoms. The normalized spacial score (nSPS) is 16.7. The van der Waals surface area contributed by atoms with Crippen molar-refractivity contribution in [2.75, 3.05) is 39.3 Å². The summed E-state index contributed by atoms with van der Waals surface area (Å²) in [5.41, 5.74) is 3.23. The number of carbonyl (C=O) groups excluding carboxylic acids is 1. The van der Waals surface area contributed by atoms with E-state index >= 15 is 0 Å². The predicted octanol–water partition coefficient (Wildman–Crippen LogP) is 4.87. The van der Waals surface area contributed by atoms with Crippen LogP contribution in [0.1, 0.15) is 41.1 Å². The molecular weight excluding hydrogens is 488 g/mol. The lowest BCUT2D eigenvalue weighted by molar-refractivity contribution is -0.143. The van der Waals surface area contributed by atoms with Crippen molar-refractivity contribution in [3.8, 4) is 0 Å². The van der Waals surface area contributed by atoms with Crippen LogP contribution in [0.4, 0.5) is 26.3 Å². The molecule has 2 aromatic rings. The maximum absolute atomic E-state index is 13.2. The smallest absolute Gasteiger partial charge is 0.375 e. The van der Waals surface area contributed by atoms with Gasteiger partial charge >= 0.3 is 12.4 Å². The van der Waals surface area contributed by atoms with Gasteiger partial charge in [0.15, 0.2) is 0 Å². The van der Waals surface area contributed by atoms with Crippen LogP contribution in [0.15, 0.2) is 48.5 Å². The van der Waals surface area contributed by atoms with Crippen LogP contribution in [0.2, 0.25) is 0 Å². The van der Waals surface area contributed by atoms with E-state index in [-0.39, 0.29) is 36.8 Å². The first-order valence-electron chi connectivity index (χ1n) is 11.6. The number of piperazine rings is 1. The third-order valence-electron chi connectivity index (χ3n) is 6.12. The van der Waals surface area contributed by atoms with E-state index in [1.807, 2.05) is 30.3 Å². The van der Waals surface area contributed by atoms with Gasteiger partial charge in [0, 0.05) is 32.6 Å². The minimum Gasteiger partial charge on any atom is -0.375 e. The van der Waals surface area contributed by atoms with E-state index in [2.05, 4.69) is 9.80 Å². The van der Waals surface area contributed by atoms with E-state index in [9.17, 15) is 31.1 Å². The highest BCUT2D eigenvalue weighted by atomic mass is 19.4. The van der Waals surface area contributed by atoms with E-state index in [4.69, 9.17) is 10.5 Å². The van der Waals surface area contributed by atoms with Crippen molar-refractivity contribution >= 4 is 5.91 Å². The summed E-state index contributed by atoms with van der Waals surface area (Å²) in [5, 5.41) is 0. The van der Waals surface area contributed by atoms with E-state index in [0.29, 0.717) is 38.1 Å². The van der Waals surface area contributed by atoms with Crippen LogP contribution in [0.3, 0.4) is 0 Å². The topological polar surface area (TPSA) is 58.8 Å². The van der Waals surface area contributed by atoms with Crippen molar-refractivity contribution in [2.45, 2.75) is 37.8 Å². The van der Waals surface area contributed by atoms with Crippen molar-refractivity contribution in [1.29, 1.82) is 0 Å². The predicted molar refractivity (Wildman–Crippen MR) is 122 cm³/mol. The van der Waals surface area contributed by atoms with Crippen LogP contribution in [-0.2, 0) is 28.5 Å². The van der Waals surface area contributed by atoms with Gasteiger partial charge in [0.2, 0.25) is 5.91 Å². The van der Waals surface area contributed by atoms with E-state index in [1.54, 1.807) is 0 Å². The Bertz CT molecular complexity index is 957. The number of nitrogens with two attached hydrogens (primary N) is 1. The SMILES string of the molecule is NC(=O)CCCN1CCN(C(COCc2cc(C(F)(F)F)cc(C(F)(F)F)c2)c2ccccc2)CC1. The molecule has 1 saturated heterocycles. The van der Waals surface area contributed by atoms with Crippen molar-refractivity contribution in [3.05, 3.63) is 70.8 Å². The molecule has 1 amide bonds. The van der Waals surface area contributed by atoms with Crippen molar-refractivity contribution in [3.63, 3.8) is 0 Å². The van der Waals surface area contributed by atoms with E-state index in [0.717, 1.165) is 25.2 Å². The first kappa shape index (κ1) is 27.9. The molecule has 0 aliphatic carbocycles. The Morgan fingerprint density at radius 1 is 0.917 bits per heavy atom. The molecule has 2 aromatic carbocycles. The zero-order chi connectivity index (χ0) is 26.3. The van der Waals surface area contributed by atoms with Crippen LogP contribution in [-0.4, -0.2) is 55.0 Å². The second kappa shape index (κ2) is 12.1. The lowest BCUT2D eigenvalue weighted by Crippen LogP contribution is -2.48. The van der Waals surface area contributed by atoms with Crippen LogP contribution in [0.5, 0.6) is 0 Å². The van der Waals surface area contributed by atoms with Crippen molar-refractivity contribution < 1.29 is 35.9 Å². The molecule has 0 aromatic heterocycles. The summed E-state index contributed by atoms with van der Waals surface area (Å²) in [5.74, 6) is -0.335. The Morgan fingerprint density at radius 3 is 2.03 bits per heavy atom. The Balaban J connectivity index is 1.67. The number of halogens is 6. The summed E-state index contributed by atoms with van der Waals surface area (Å²) in [6.45, 7) is 3.37. The average molecular weight is 518 g/mol. The van der Waals surface area contributed by atoms with Gasteiger partial charge in [0.1, 0.15) is 0 Å². The summed E-state index contributed by atoms with van der Waals surface area (Å²) in [6.07, 6.45) is -8.80. The number of alkyl halides is 6. The van der Waals surface area contributed by atoms with Gasteiger partial charge in [0.05, 0.1) is 30.4 Å². The van der Waals surface area contributed by atoms with Crippen molar-refractivity contribution in [2.24, 2.45) is 5.73 Å². The molecule has 0 spiro atoms. The van der Waals surface area contributed by atoms with Gasteiger partial charge in [-0.05, 0) is 42.3 Å². The maximum atomic E-state index is 13.2. The highest BCUT2D eigenvalue weighted by Gasteiger charge is 2.37. The number of hydrogen-bond acceptors (Lipinski definition) is 4. The molecule has 0 radical (unpaired) electrons. The fourth-order valence-electron chi connectivity index (χ4n) is 4.25. The number of rotatable bonds is 10. The monoisotopic (exact) mass is 517 g/mol. The quantitative estimate of drug-likeness (QED) is 0.457. The van der Waals surface area contributed by atoms with Crippen molar-refractivity contribution in [1.82, 2.24) is 9.80 Å². The van der Waals surface area contributed by atoms with Gasteiger partial charge in [-0.15, -0.1) is 0 Å². The number of hydrogen-bond donors (Lipinski definition) is 1. The lowest BCUT2D eigenvalue weighted by Gasteiger charge is -2.39.